The van der Waals surface area contributed by atoms with E-state index in [-0.39, 0.29) is 36.9 Å². The van der Waals surface area contributed by atoms with Crippen molar-refractivity contribution in [2.45, 2.75) is 13.0 Å². The largest absolute Gasteiger partial charge is 0.364 e. The molecule has 0 amide bonds. The Bertz CT molecular complexity index is 677. The molecule has 1 fully saturated rings. The second-order valence-corrected chi connectivity index (χ2v) is 7.00. The molecule has 114 valence electrons. The van der Waals surface area contributed by atoms with E-state index in [4.69, 9.17) is 5.26 Å². The van der Waals surface area contributed by atoms with Crippen molar-refractivity contribution in [2.75, 3.05) is 30.8 Å². The van der Waals surface area contributed by atoms with Crippen LogP contribution in [0, 0.1) is 23.0 Å². The average molecular weight is 315 g/mol. The van der Waals surface area contributed by atoms with Gasteiger partial charge in [-0.25, -0.2) is 17.2 Å². The molecule has 0 unspecified atom stereocenters. The molecule has 1 aliphatic heterocycles. The van der Waals surface area contributed by atoms with Crippen LogP contribution in [0.15, 0.2) is 12.1 Å². The van der Waals surface area contributed by atoms with Gasteiger partial charge in [0.2, 0.25) is 10.0 Å². The van der Waals surface area contributed by atoms with Gasteiger partial charge in [0, 0.05) is 25.7 Å². The molecule has 1 saturated heterocycles. The van der Waals surface area contributed by atoms with Crippen LogP contribution in [0.25, 0.3) is 0 Å². The Morgan fingerprint density at radius 3 is 2.29 bits per heavy atom. The molecule has 0 spiro atoms. The maximum absolute atomic E-state index is 14.0. The number of halogens is 2. The highest BCUT2D eigenvalue weighted by Crippen LogP contribution is 2.27. The van der Waals surface area contributed by atoms with Gasteiger partial charge in [-0.3, -0.25) is 0 Å². The first-order valence-corrected chi connectivity index (χ1v) is 8.19. The second-order valence-electron chi connectivity index (χ2n) is 5.07. The monoisotopic (exact) mass is 315 g/mol. The minimum Gasteiger partial charge on any atom is -0.364 e. The molecule has 5 nitrogen and oxygen atoms in total. The summed E-state index contributed by atoms with van der Waals surface area (Å²) in [4.78, 5) is 1.47. The normalized spacial score (nSPS) is 20.3. The van der Waals surface area contributed by atoms with Crippen LogP contribution in [-0.4, -0.2) is 44.7 Å². The van der Waals surface area contributed by atoms with Gasteiger partial charge < -0.3 is 4.90 Å². The number of hydrogen-bond acceptors (Lipinski definition) is 4. The quantitative estimate of drug-likeness (QED) is 0.825. The highest BCUT2D eigenvalue weighted by molar-refractivity contribution is 7.88. The lowest BCUT2D eigenvalue weighted by Gasteiger charge is -2.39. The molecule has 1 heterocycles. The molecule has 8 heteroatoms. The van der Waals surface area contributed by atoms with Gasteiger partial charge in [-0.05, 0) is 19.1 Å². The number of rotatable bonds is 2. The number of sulfonamides is 1. The van der Waals surface area contributed by atoms with E-state index in [1.807, 2.05) is 0 Å². The highest BCUT2D eigenvalue weighted by Gasteiger charge is 2.32. The maximum Gasteiger partial charge on any atom is 0.211 e. The molecular weight excluding hydrogens is 300 g/mol. The molecule has 1 aromatic carbocycles. The Hall–Kier alpha value is -1.72. The van der Waals surface area contributed by atoms with Crippen LogP contribution in [-0.2, 0) is 10.0 Å². The molecule has 1 atom stereocenters. The van der Waals surface area contributed by atoms with Crippen molar-refractivity contribution < 1.29 is 17.2 Å². The lowest BCUT2D eigenvalue weighted by Crippen LogP contribution is -2.54. The highest BCUT2D eigenvalue weighted by atomic mass is 32.2. The van der Waals surface area contributed by atoms with Gasteiger partial charge in [-0.15, -0.1) is 0 Å². The molecule has 0 bridgehead atoms. The summed E-state index contributed by atoms with van der Waals surface area (Å²) in [6, 6.07) is 3.26. The lowest BCUT2D eigenvalue weighted by molar-refractivity contribution is 0.306. The summed E-state index contributed by atoms with van der Waals surface area (Å²) < 4.78 is 52.4. The summed E-state index contributed by atoms with van der Waals surface area (Å²) in [5, 5.41) is 8.68. The Balaban J connectivity index is 2.29. The molecular formula is C13H15F2N3O2S. The Kier molecular flexibility index (Phi) is 4.16. The van der Waals surface area contributed by atoms with Gasteiger partial charge in [0.05, 0.1) is 17.9 Å². The van der Waals surface area contributed by atoms with Crippen LogP contribution < -0.4 is 4.90 Å². The fourth-order valence-corrected chi connectivity index (χ4v) is 3.70. The third-order valence-corrected chi connectivity index (χ3v) is 4.85. The zero-order valence-corrected chi connectivity index (χ0v) is 12.5. The summed E-state index contributed by atoms with van der Waals surface area (Å²) in [6.07, 6.45) is 1.11. The number of anilines is 1. The lowest BCUT2D eigenvalue weighted by atomic mass is 10.1. The van der Waals surface area contributed by atoms with Gasteiger partial charge in [0.1, 0.15) is 5.69 Å². The number of nitrogens with zero attached hydrogens (tertiary/aromatic N) is 3. The Morgan fingerprint density at radius 1 is 1.29 bits per heavy atom. The van der Waals surface area contributed by atoms with E-state index < -0.39 is 21.7 Å². The summed E-state index contributed by atoms with van der Waals surface area (Å²) in [6.45, 7) is 2.23. The number of nitriles is 1. The molecule has 2 rings (SSSR count). The van der Waals surface area contributed by atoms with Crippen LogP contribution in [0.3, 0.4) is 0 Å². The number of hydrogen-bond donors (Lipinski definition) is 0. The van der Waals surface area contributed by atoms with Crippen molar-refractivity contribution >= 4 is 15.7 Å². The molecule has 0 aliphatic carbocycles. The van der Waals surface area contributed by atoms with E-state index >= 15 is 0 Å². The summed E-state index contributed by atoms with van der Waals surface area (Å²) in [5.74, 6) is -1.63. The van der Waals surface area contributed by atoms with E-state index in [1.165, 1.54) is 9.21 Å². The number of piperazine rings is 1. The predicted molar refractivity (Wildman–Crippen MR) is 74.3 cm³/mol. The van der Waals surface area contributed by atoms with E-state index in [0.717, 1.165) is 18.4 Å². The maximum atomic E-state index is 14.0. The fraction of sp³-hybridized carbons (Fsp3) is 0.462. The van der Waals surface area contributed by atoms with Crippen molar-refractivity contribution in [3.05, 3.63) is 29.3 Å². The smallest absolute Gasteiger partial charge is 0.211 e. The zero-order chi connectivity index (χ0) is 15.8. The molecule has 1 aromatic rings. The van der Waals surface area contributed by atoms with Gasteiger partial charge >= 0.3 is 0 Å². The second kappa shape index (κ2) is 5.58. The number of benzene rings is 1. The van der Waals surface area contributed by atoms with Gasteiger partial charge in [-0.2, -0.15) is 9.57 Å². The van der Waals surface area contributed by atoms with E-state index in [2.05, 4.69) is 0 Å². The van der Waals surface area contributed by atoms with E-state index in [0.29, 0.717) is 0 Å². The molecule has 0 N–H and O–H groups in total. The summed E-state index contributed by atoms with van der Waals surface area (Å²) in [5.41, 5.74) is -0.300. The summed E-state index contributed by atoms with van der Waals surface area (Å²) in [7, 11) is -3.34. The van der Waals surface area contributed by atoms with Crippen LogP contribution in [0.4, 0.5) is 14.5 Å². The van der Waals surface area contributed by atoms with Gasteiger partial charge in [0.15, 0.2) is 11.6 Å². The molecule has 0 radical (unpaired) electrons. The summed E-state index contributed by atoms with van der Waals surface area (Å²) >= 11 is 0. The third kappa shape index (κ3) is 3.14. The first kappa shape index (κ1) is 15.7. The first-order valence-electron chi connectivity index (χ1n) is 6.35. The average Bonchev–Trinajstić information content (AvgIpc) is 2.36. The molecule has 1 aliphatic rings. The van der Waals surface area contributed by atoms with Crippen LogP contribution >= 0.6 is 0 Å². The standard InChI is InChI=1S/C13H15F2N3O2S/c1-9-8-17(3-4-18(9)21(2,19)20)13-11(14)5-10(7-16)6-12(13)15/h5-6,9H,3-4,8H2,1-2H3/t9-/m0/s1. The van der Waals surface area contributed by atoms with Crippen LogP contribution in [0.5, 0.6) is 0 Å². The van der Waals surface area contributed by atoms with Crippen molar-refractivity contribution in [1.82, 2.24) is 4.31 Å². The van der Waals surface area contributed by atoms with Crippen molar-refractivity contribution in [2.24, 2.45) is 0 Å². The van der Waals surface area contributed by atoms with E-state index in [1.54, 1.807) is 13.0 Å². The van der Waals surface area contributed by atoms with Gasteiger partial charge in [-0.1, -0.05) is 0 Å². The van der Waals surface area contributed by atoms with Crippen molar-refractivity contribution in [3.63, 3.8) is 0 Å². The van der Waals surface area contributed by atoms with Crippen molar-refractivity contribution in [1.29, 1.82) is 5.26 Å². The molecule has 0 aromatic heterocycles. The third-order valence-electron chi connectivity index (χ3n) is 3.45. The minimum atomic E-state index is -3.34. The van der Waals surface area contributed by atoms with Crippen LogP contribution in [0.2, 0.25) is 0 Å². The van der Waals surface area contributed by atoms with Gasteiger partial charge in [0.25, 0.3) is 0 Å². The topological polar surface area (TPSA) is 64.4 Å². The van der Waals surface area contributed by atoms with Crippen molar-refractivity contribution in [3.8, 4) is 6.07 Å². The first-order chi connectivity index (χ1) is 9.74. The zero-order valence-electron chi connectivity index (χ0n) is 11.7. The fourth-order valence-electron chi connectivity index (χ4n) is 2.57. The molecule has 21 heavy (non-hydrogen) atoms. The van der Waals surface area contributed by atoms with E-state index in [9.17, 15) is 17.2 Å². The van der Waals surface area contributed by atoms with Crippen LogP contribution in [0.1, 0.15) is 12.5 Å². The SMILES string of the molecule is C[C@H]1CN(c2c(F)cc(C#N)cc2F)CCN1S(C)(=O)=O. The predicted octanol–water partition coefficient (Wildman–Crippen LogP) is 1.31. The Morgan fingerprint density at radius 2 is 1.86 bits per heavy atom. The Labute approximate surface area is 122 Å². The molecule has 0 saturated carbocycles. The minimum absolute atomic E-state index is 0.0865.